The smallest absolute Gasteiger partial charge is 0.164 e. The predicted octanol–water partition coefficient (Wildman–Crippen LogP) is -0.294. The van der Waals surface area contributed by atoms with Gasteiger partial charge >= 0.3 is 0 Å². The Kier molecular flexibility index (Phi) is 3.84. The predicted molar refractivity (Wildman–Crippen MR) is 48.2 cm³/mol. The molecule has 0 aromatic heterocycles. The molecule has 0 rings (SSSR count). The summed E-state index contributed by atoms with van der Waals surface area (Å²) in [6, 6.07) is 0. The Bertz CT molecular complexity index is 199. The van der Waals surface area contributed by atoms with Crippen molar-refractivity contribution in [2.75, 3.05) is 6.61 Å². The zero-order valence-electron chi connectivity index (χ0n) is 9.19. The van der Waals surface area contributed by atoms with E-state index in [0.717, 1.165) is 0 Å². The quantitative estimate of drug-likeness (QED) is 0.570. The Morgan fingerprint density at radius 1 is 1.46 bits per heavy atom. The van der Waals surface area contributed by atoms with Crippen LogP contribution < -0.4 is 0 Å². The second kappa shape index (κ2) is 4.69. The van der Waals surface area contributed by atoms with Crippen LogP contribution in [-0.4, -0.2) is 39.9 Å². The van der Waals surface area contributed by atoms with E-state index in [9.17, 15) is 9.90 Å². The minimum atomic E-state index is -1.68. The minimum Gasteiger partial charge on any atom is -0.394 e. The standard InChI is InChI=1S/C9H18O4/c1-9(2,3)4-6(11)8(13)7(12)5-10/h7-8,10,12-13H,4-5H2,1-3H3/t7-,8-/m1/s1/i4D/t4?,7-,8-. The lowest BCUT2D eigenvalue weighted by Gasteiger charge is -2.21. The summed E-state index contributed by atoms with van der Waals surface area (Å²) in [5.74, 6) is -0.765. The van der Waals surface area contributed by atoms with E-state index in [2.05, 4.69) is 0 Å². The Labute approximate surface area is 79.6 Å². The summed E-state index contributed by atoms with van der Waals surface area (Å²) >= 11 is 0. The Morgan fingerprint density at radius 3 is 2.23 bits per heavy atom. The van der Waals surface area contributed by atoms with E-state index in [1.54, 1.807) is 20.8 Å². The molecule has 0 aromatic carbocycles. The first kappa shape index (κ1) is 10.6. The van der Waals surface area contributed by atoms with Crippen molar-refractivity contribution < 1.29 is 21.5 Å². The van der Waals surface area contributed by atoms with Gasteiger partial charge in [-0.15, -0.1) is 0 Å². The molecule has 0 saturated carbocycles. The summed E-state index contributed by atoms with van der Waals surface area (Å²) in [7, 11) is 0. The first-order chi connectivity index (χ1) is 6.21. The van der Waals surface area contributed by atoms with Gasteiger partial charge in [-0.05, 0) is 5.41 Å². The topological polar surface area (TPSA) is 77.8 Å². The molecular formula is C9H18O4. The van der Waals surface area contributed by atoms with Crippen LogP contribution in [0.2, 0.25) is 0 Å². The first-order valence-electron chi connectivity index (χ1n) is 4.72. The monoisotopic (exact) mass is 191 g/mol. The zero-order chi connectivity index (χ0) is 11.5. The molecule has 0 aliphatic carbocycles. The molecule has 0 bridgehead atoms. The van der Waals surface area contributed by atoms with Gasteiger partial charge in [0.15, 0.2) is 5.78 Å². The number of hydrogen-bond acceptors (Lipinski definition) is 4. The molecule has 0 radical (unpaired) electrons. The molecule has 3 atom stereocenters. The Balaban J connectivity index is 4.47. The molecule has 0 heterocycles. The summed E-state index contributed by atoms with van der Waals surface area (Å²) in [5.41, 5.74) is -0.590. The van der Waals surface area contributed by atoms with Crippen LogP contribution in [-0.2, 0) is 4.79 Å². The molecule has 78 valence electrons. The fraction of sp³-hybridized carbons (Fsp3) is 0.889. The fourth-order valence-corrected chi connectivity index (χ4v) is 0.802. The lowest BCUT2D eigenvalue weighted by Crippen LogP contribution is -2.37. The molecule has 0 spiro atoms. The van der Waals surface area contributed by atoms with Gasteiger partial charge in [-0.25, -0.2) is 0 Å². The highest BCUT2D eigenvalue weighted by Gasteiger charge is 2.26. The van der Waals surface area contributed by atoms with E-state index in [-0.39, 0.29) is 0 Å². The number of hydrogen-bond donors (Lipinski definition) is 3. The molecule has 0 aliphatic heterocycles. The van der Waals surface area contributed by atoms with Crippen LogP contribution >= 0.6 is 0 Å². The molecule has 1 unspecified atom stereocenters. The number of Topliss-reactive ketones (excluding diaryl/α,β-unsaturated/α-hetero) is 1. The van der Waals surface area contributed by atoms with E-state index < -0.39 is 36.4 Å². The van der Waals surface area contributed by atoms with Crippen molar-refractivity contribution in [3.63, 3.8) is 0 Å². The van der Waals surface area contributed by atoms with Crippen LogP contribution in [0.25, 0.3) is 0 Å². The van der Waals surface area contributed by atoms with Gasteiger partial charge in [-0.2, -0.15) is 0 Å². The van der Waals surface area contributed by atoms with Gasteiger partial charge in [-0.3, -0.25) is 4.79 Å². The van der Waals surface area contributed by atoms with Crippen LogP contribution in [0, 0.1) is 5.41 Å². The molecule has 0 fully saturated rings. The highest BCUT2D eigenvalue weighted by Crippen LogP contribution is 2.20. The SMILES string of the molecule is [2H]C(C(=O)[C@@H](O)[C@H](O)CO)C(C)(C)C. The van der Waals surface area contributed by atoms with Crippen molar-refractivity contribution in [2.24, 2.45) is 5.41 Å². The molecule has 4 nitrogen and oxygen atoms in total. The summed E-state index contributed by atoms with van der Waals surface area (Å²) in [6.07, 6.45) is -4.29. The maximum atomic E-state index is 11.4. The van der Waals surface area contributed by atoms with Gasteiger partial charge in [0.2, 0.25) is 0 Å². The van der Waals surface area contributed by atoms with Crippen LogP contribution in [0.1, 0.15) is 28.5 Å². The molecule has 13 heavy (non-hydrogen) atoms. The van der Waals surface area contributed by atoms with E-state index in [0.29, 0.717) is 0 Å². The highest BCUT2D eigenvalue weighted by atomic mass is 16.4. The van der Waals surface area contributed by atoms with Crippen molar-refractivity contribution in [2.45, 2.75) is 39.4 Å². The summed E-state index contributed by atoms with van der Waals surface area (Å²) in [4.78, 5) is 11.4. The van der Waals surface area contributed by atoms with Crippen molar-refractivity contribution in [1.29, 1.82) is 0 Å². The van der Waals surface area contributed by atoms with E-state index >= 15 is 0 Å². The number of carbonyl (C=O) groups is 1. The molecule has 3 N–H and O–H groups in total. The van der Waals surface area contributed by atoms with Crippen molar-refractivity contribution in [1.82, 2.24) is 0 Å². The first-order valence-corrected chi connectivity index (χ1v) is 4.14. The van der Waals surface area contributed by atoms with Crippen molar-refractivity contribution in [3.05, 3.63) is 0 Å². The van der Waals surface area contributed by atoms with Crippen LogP contribution in [0.4, 0.5) is 0 Å². The van der Waals surface area contributed by atoms with Crippen molar-refractivity contribution in [3.8, 4) is 0 Å². The van der Waals surface area contributed by atoms with Crippen LogP contribution in [0.15, 0.2) is 0 Å². The van der Waals surface area contributed by atoms with E-state index in [1.807, 2.05) is 0 Å². The molecule has 0 saturated heterocycles. The highest BCUT2D eigenvalue weighted by molar-refractivity contribution is 5.83. The molecule has 4 heteroatoms. The molecular weight excluding hydrogens is 172 g/mol. The van der Waals surface area contributed by atoms with Gasteiger partial charge in [0.05, 0.1) is 6.61 Å². The fourth-order valence-electron chi connectivity index (χ4n) is 0.802. The van der Waals surface area contributed by atoms with E-state index in [1.165, 1.54) is 0 Å². The second-order valence-electron chi connectivity index (χ2n) is 4.11. The molecule has 0 aliphatic rings. The third kappa shape index (κ3) is 4.98. The largest absolute Gasteiger partial charge is 0.394 e. The van der Waals surface area contributed by atoms with Gasteiger partial charge in [0.25, 0.3) is 0 Å². The van der Waals surface area contributed by atoms with Gasteiger partial charge < -0.3 is 15.3 Å². The Hall–Kier alpha value is -0.450. The third-order valence-corrected chi connectivity index (χ3v) is 1.42. The number of ketones is 1. The third-order valence-electron chi connectivity index (χ3n) is 1.42. The molecule has 0 aromatic rings. The maximum Gasteiger partial charge on any atom is 0.164 e. The zero-order valence-corrected chi connectivity index (χ0v) is 8.19. The van der Waals surface area contributed by atoms with Gasteiger partial charge in [-0.1, -0.05) is 20.8 Å². The summed E-state index contributed by atoms with van der Waals surface area (Å²) < 4.78 is 7.53. The average Bonchev–Trinajstić information content (AvgIpc) is 2.11. The Morgan fingerprint density at radius 2 is 1.92 bits per heavy atom. The van der Waals surface area contributed by atoms with E-state index in [4.69, 9.17) is 11.6 Å². The van der Waals surface area contributed by atoms with Crippen molar-refractivity contribution >= 4 is 5.78 Å². The van der Waals surface area contributed by atoms with Crippen LogP contribution in [0.3, 0.4) is 0 Å². The molecule has 0 amide bonds. The number of carbonyl (C=O) groups excluding carboxylic acids is 1. The second-order valence-corrected chi connectivity index (χ2v) is 4.11. The number of rotatable bonds is 4. The summed E-state index contributed by atoms with van der Waals surface area (Å²) in [5, 5.41) is 26.8. The number of aliphatic hydroxyl groups is 3. The maximum absolute atomic E-state index is 11.4. The normalized spacial score (nSPS) is 20.3. The van der Waals surface area contributed by atoms with Gasteiger partial charge in [0.1, 0.15) is 12.2 Å². The lowest BCUT2D eigenvalue weighted by atomic mass is 9.87. The average molecular weight is 191 g/mol. The number of aliphatic hydroxyl groups excluding tert-OH is 3. The minimum absolute atomic E-state index is 0.590. The lowest BCUT2D eigenvalue weighted by molar-refractivity contribution is -0.136. The van der Waals surface area contributed by atoms with Gasteiger partial charge in [0, 0.05) is 7.77 Å². The summed E-state index contributed by atoms with van der Waals surface area (Å²) in [6.45, 7) is 4.39. The van der Waals surface area contributed by atoms with Crippen LogP contribution in [0.5, 0.6) is 0 Å².